The van der Waals surface area contributed by atoms with Crippen LogP contribution in [-0.4, -0.2) is 58.9 Å². The number of carbonyl (C=O) groups excluding carboxylic acids is 2. The van der Waals surface area contributed by atoms with E-state index in [0.29, 0.717) is 6.42 Å². The SMILES string of the molecule is O=C(CO)NCCC[C@H](NC(=O)CO)C(=O)O. The first-order chi connectivity index (χ1) is 8.01. The van der Waals surface area contributed by atoms with E-state index in [0.717, 1.165) is 0 Å². The molecule has 0 aromatic heterocycles. The van der Waals surface area contributed by atoms with Gasteiger partial charge in [0.1, 0.15) is 19.3 Å². The van der Waals surface area contributed by atoms with Crippen LogP contribution in [-0.2, 0) is 14.4 Å². The van der Waals surface area contributed by atoms with Crippen LogP contribution in [0.15, 0.2) is 0 Å². The van der Waals surface area contributed by atoms with Crippen LogP contribution in [0.4, 0.5) is 0 Å². The summed E-state index contributed by atoms with van der Waals surface area (Å²) in [5.41, 5.74) is 0. The highest BCUT2D eigenvalue weighted by molar-refractivity contribution is 5.84. The van der Waals surface area contributed by atoms with Crippen molar-refractivity contribution in [3.05, 3.63) is 0 Å². The Morgan fingerprint density at radius 1 is 1.06 bits per heavy atom. The summed E-state index contributed by atoms with van der Waals surface area (Å²) in [6.45, 7) is -1.19. The number of aliphatic hydroxyl groups excluding tert-OH is 2. The average Bonchev–Trinajstić information content (AvgIpc) is 2.31. The summed E-state index contributed by atoms with van der Waals surface area (Å²) in [4.78, 5) is 32.1. The van der Waals surface area contributed by atoms with Gasteiger partial charge in [-0.2, -0.15) is 0 Å². The smallest absolute Gasteiger partial charge is 0.326 e. The van der Waals surface area contributed by atoms with Gasteiger partial charge in [-0.15, -0.1) is 0 Å². The molecule has 8 nitrogen and oxygen atoms in total. The lowest BCUT2D eigenvalue weighted by molar-refractivity contribution is -0.142. The summed E-state index contributed by atoms with van der Waals surface area (Å²) >= 11 is 0. The molecule has 1 atom stereocenters. The first-order valence-electron chi connectivity index (χ1n) is 5.01. The molecule has 0 radical (unpaired) electrons. The van der Waals surface area contributed by atoms with Gasteiger partial charge in [-0.1, -0.05) is 0 Å². The van der Waals surface area contributed by atoms with Crippen LogP contribution in [0.2, 0.25) is 0 Å². The van der Waals surface area contributed by atoms with E-state index < -0.39 is 37.0 Å². The standard InChI is InChI=1S/C9H16N2O6/c12-4-7(14)10-3-1-2-6(9(16)17)11-8(15)5-13/h6,12-13H,1-5H2,(H,10,14)(H,11,15)(H,16,17)/t6-/m0/s1. The molecule has 0 saturated carbocycles. The third-order valence-electron chi connectivity index (χ3n) is 1.91. The monoisotopic (exact) mass is 248 g/mol. The van der Waals surface area contributed by atoms with Crippen LogP contribution in [0.1, 0.15) is 12.8 Å². The summed E-state index contributed by atoms with van der Waals surface area (Å²) < 4.78 is 0. The van der Waals surface area contributed by atoms with Crippen molar-refractivity contribution in [1.29, 1.82) is 0 Å². The van der Waals surface area contributed by atoms with Crippen molar-refractivity contribution in [2.24, 2.45) is 0 Å². The molecule has 0 unspecified atom stereocenters. The van der Waals surface area contributed by atoms with Crippen LogP contribution in [0.25, 0.3) is 0 Å². The van der Waals surface area contributed by atoms with Crippen LogP contribution in [0.3, 0.4) is 0 Å². The van der Waals surface area contributed by atoms with Crippen molar-refractivity contribution in [3.8, 4) is 0 Å². The molecule has 0 aliphatic heterocycles. The lowest BCUT2D eigenvalue weighted by Crippen LogP contribution is -2.42. The molecule has 0 aromatic rings. The molecule has 98 valence electrons. The van der Waals surface area contributed by atoms with Crippen LogP contribution in [0, 0.1) is 0 Å². The summed E-state index contributed by atoms with van der Waals surface area (Å²) in [7, 11) is 0. The minimum Gasteiger partial charge on any atom is -0.480 e. The maximum absolute atomic E-state index is 10.8. The van der Waals surface area contributed by atoms with Gasteiger partial charge in [-0.05, 0) is 12.8 Å². The van der Waals surface area contributed by atoms with Gasteiger partial charge in [0.15, 0.2) is 0 Å². The number of nitrogens with one attached hydrogen (secondary N) is 2. The number of carboxylic acids is 1. The molecule has 0 aromatic carbocycles. The van der Waals surface area contributed by atoms with Gasteiger partial charge in [-0.25, -0.2) is 4.79 Å². The second-order valence-corrected chi connectivity index (χ2v) is 3.27. The largest absolute Gasteiger partial charge is 0.480 e. The van der Waals surface area contributed by atoms with E-state index in [2.05, 4.69) is 10.6 Å². The van der Waals surface area contributed by atoms with Crippen LogP contribution < -0.4 is 10.6 Å². The van der Waals surface area contributed by atoms with Crippen molar-refractivity contribution in [3.63, 3.8) is 0 Å². The number of amides is 2. The normalized spacial score (nSPS) is 11.6. The average molecular weight is 248 g/mol. The molecule has 0 fully saturated rings. The van der Waals surface area contributed by atoms with Gasteiger partial charge in [0.25, 0.3) is 0 Å². The maximum atomic E-state index is 10.8. The van der Waals surface area contributed by atoms with E-state index in [1.807, 2.05) is 0 Å². The van der Waals surface area contributed by atoms with Crippen molar-refractivity contribution >= 4 is 17.8 Å². The van der Waals surface area contributed by atoms with Crippen LogP contribution >= 0.6 is 0 Å². The minimum absolute atomic E-state index is 0.118. The predicted molar refractivity (Wildman–Crippen MR) is 56.0 cm³/mol. The zero-order valence-corrected chi connectivity index (χ0v) is 9.18. The Balaban J connectivity index is 3.90. The van der Waals surface area contributed by atoms with Gasteiger partial charge in [-0.3, -0.25) is 9.59 Å². The number of rotatable bonds is 8. The molecule has 0 rings (SSSR count). The third-order valence-corrected chi connectivity index (χ3v) is 1.91. The number of carboxylic acid groups (broad SMARTS) is 1. The lowest BCUT2D eigenvalue weighted by Gasteiger charge is -2.13. The van der Waals surface area contributed by atoms with E-state index in [4.69, 9.17) is 15.3 Å². The maximum Gasteiger partial charge on any atom is 0.326 e. The Morgan fingerprint density at radius 2 is 1.65 bits per heavy atom. The molecule has 0 heterocycles. The number of carbonyl (C=O) groups is 3. The molecule has 2 amide bonds. The Bertz CT molecular complexity index is 281. The van der Waals surface area contributed by atoms with Gasteiger partial charge in [0, 0.05) is 6.54 Å². The highest BCUT2D eigenvalue weighted by atomic mass is 16.4. The Kier molecular flexibility index (Phi) is 7.65. The first kappa shape index (κ1) is 15.3. The Labute approximate surface area is 97.6 Å². The van der Waals surface area contributed by atoms with Gasteiger partial charge in [0.05, 0.1) is 0 Å². The molecule has 17 heavy (non-hydrogen) atoms. The Morgan fingerprint density at radius 3 is 2.12 bits per heavy atom. The van der Waals surface area contributed by atoms with E-state index in [1.54, 1.807) is 0 Å². The van der Waals surface area contributed by atoms with Crippen molar-refractivity contribution in [1.82, 2.24) is 10.6 Å². The first-order valence-corrected chi connectivity index (χ1v) is 5.01. The molecule has 0 aliphatic rings. The number of hydrogen-bond donors (Lipinski definition) is 5. The number of aliphatic carboxylic acids is 1. The minimum atomic E-state index is -1.21. The van der Waals surface area contributed by atoms with E-state index in [1.165, 1.54) is 0 Å². The second kappa shape index (κ2) is 8.48. The zero-order valence-electron chi connectivity index (χ0n) is 9.18. The molecular formula is C9H16N2O6. The van der Waals surface area contributed by atoms with Crippen molar-refractivity contribution in [2.45, 2.75) is 18.9 Å². The number of hydrogen-bond acceptors (Lipinski definition) is 5. The zero-order chi connectivity index (χ0) is 13.3. The van der Waals surface area contributed by atoms with Crippen LogP contribution in [0.5, 0.6) is 0 Å². The van der Waals surface area contributed by atoms with Gasteiger partial charge < -0.3 is 26.0 Å². The summed E-state index contributed by atoms with van der Waals surface area (Å²) in [5.74, 6) is -2.52. The van der Waals surface area contributed by atoms with Gasteiger partial charge >= 0.3 is 5.97 Å². The quantitative estimate of drug-likeness (QED) is 0.300. The van der Waals surface area contributed by atoms with Gasteiger partial charge in [0.2, 0.25) is 11.8 Å². The summed E-state index contributed by atoms with van der Waals surface area (Å²) in [6, 6.07) is -1.10. The summed E-state index contributed by atoms with van der Waals surface area (Å²) in [6.07, 6.45) is 0.446. The molecular weight excluding hydrogens is 232 g/mol. The molecule has 0 spiro atoms. The fourth-order valence-electron chi connectivity index (χ4n) is 1.09. The van der Waals surface area contributed by atoms with E-state index >= 15 is 0 Å². The molecule has 0 saturated heterocycles. The Hall–Kier alpha value is -1.67. The third kappa shape index (κ3) is 7.25. The van der Waals surface area contributed by atoms with E-state index in [9.17, 15) is 14.4 Å². The molecule has 0 aliphatic carbocycles. The molecule has 5 N–H and O–H groups in total. The topological polar surface area (TPSA) is 136 Å². The van der Waals surface area contributed by atoms with E-state index in [-0.39, 0.29) is 13.0 Å². The number of aliphatic hydroxyl groups is 2. The lowest BCUT2D eigenvalue weighted by atomic mass is 10.1. The fraction of sp³-hybridized carbons (Fsp3) is 0.667. The van der Waals surface area contributed by atoms with Crippen molar-refractivity contribution < 1.29 is 29.7 Å². The molecule has 0 bridgehead atoms. The predicted octanol–water partition coefficient (Wildman–Crippen LogP) is -2.56. The highest BCUT2D eigenvalue weighted by Crippen LogP contribution is 1.97. The second-order valence-electron chi connectivity index (χ2n) is 3.27. The summed E-state index contributed by atoms with van der Waals surface area (Å²) in [5, 5.41) is 30.1. The fourth-order valence-corrected chi connectivity index (χ4v) is 1.09. The highest BCUT2D eigenvalue weighted by Gasteiger charge is 2.18. The van der Waals surface area contributed by atoms with Crippen molar-refractivity contribution in [2.75, 3.05) is 19.8 Å². The molecule has 8 heteroatoms.